The monoisotopic (exact) mass is 484 g/mol. The summed E-state index contributed by atoms with van der Waals surface area (Å²) in [4.78, 5) is 17.1. The molecule has 1 amide bonds. The van der Waals surface area contributed by atoms with Gasteiger partial charge in [0, 0.05) is 22.3 Å². The highest BCUT2D eigenvalue weighted by atomic mass is 35.5. The van der Waals surface area contributed by atoms with E-state index in [1.54, 1.807) is 42.5 Å². The molecule has 0 spiro atoms. The van der Waals surface area contributed by atoms with Gasteiger partial charge in [-0.3, -0.25) is 4.79 Å². The van der Waals surface area contributed by atoms with Gasteiger partial charge in [-0.05, 0) is 42.7 Å². The number of nitrogen functional groups attached to an aromatic ring is 1. The predicted molar refractivity (Wildman–Crippen MR) is 123 cm³/mol. The molecule has 168 valence electrons. The number of hydrogen-bond acceptors (Lipinski definition) is 9. The van der Waals surface area contributed by atoms with Gasteiger partial charge in [-0.2, -0.15) is 10.1 Å². The Labute approximate surface area is 197 Å². The highest BCUT2D eigenvalue weighted by Gasteiger charge is 2.24. The Kier molecular flexibility index (Phi) is 5.56. The van der Waals surface area contributed by atoms with Crippen LogP contribution in [0.1, 0.15) is 0 Å². The maximum atomic E-state index is 12.6. The van der Waals surface area contributed by atoms with Crippen LogP contribution in [-0.2, 0) is 11.3 Å². The lowest BCUT2D eigenvalue weighted by Gasteiger charge is -2.07. The summed E-state index contributed by atoms with van der Waals surface area (Å²) in [6, 6.07) is 12.2. The van der Waals surface area contributed by atoms with Gasteiger partial charge >= 0.3 is 0 Å². The van der Waals surface area contributed by atoms with E-state index in [0.717, 1.165) is 5.56 Å². The van der Waals surface area contributed by atoms with E-state index < -0.39 is 0 Å². The van der Waals surface area contributed by atoms with Crippen molar-refractivity contribution in [1.29, 1.82) is 0 Å². The van der Waals surface area contributed by atoms with Crippen molar-refractivity contribution in [2.45, 2.75) is 11.6 Å². The van der Waals surface area contributed by atoms with Crippen molar-refractivity contribution in [2.24, 2.45) is 0 Å². The molecule has 0 unspecified atom stereocenters. The normalized spacial score (nSPS) is 12.2. The molecule has 4 aromatic rings. The van der Waals surface area contributed by atoms with Crippen LogP contribution in [0.25, 0.3) is 22.8 Å². The Hall–Kier alpha value is -3.70. The number of anilines is 2. The van der Waals surface area contributed by atoms with Crippen LogP contribution in [0.4, 0.5) is 11.5 Å². The standard InChI is InChI=1S/C21H17ClN6O4S/c1-33-21-17(20-25-19(27-32-20)11-2-4-12(22)5-3-11)18(23)28(26-21)9-16(29)24-13-6-7-14-15(8-13)31-10-30-14/h2-8H,9-10,23H2,1H3,(H,24,29). The summed E-state index contributed by atoms with van der Waals surface area (Å²) in [5.74, 6) is 1.74. The zero-order valence-corrected chi connectivity index (χ0v) is 18.8. The molecule has 2 aromatic carbocycles. The number of amides is 1. The van der Waals surface area contributed by atoms with E-state index in [2.05, 4.69) is 20.6 Å². The van der Waals surface area contributed by atoms with E-state index in [4.69, 9.17) is 31.3 Å². The van der Waals surface area contributed by atoms with Gasteiger partial charge in [0.2, 0.25) is 18.5 Å². The molecule has 3 heterocycles. The number of fused-ring (bicyclic) bond motifs is 1. The molecule has 33 heavy (non-hydrogen) atoms. The van der Waals surface area contributed by atoms with Crippen molar-refractivity contribution in [1.82, 2.24) is 19.9 Å². The summed E-state index contributed by atoms with van der Waals surface area (Å²) >= 11 is 7.30. The average Bonchev–Trinajstić information content (AvgIpc) is 3.53. The fourth-order valence-corrected chi connectivity index (χ4v) is 3.97. The first-order chi connectivity index (χ1) is 16.0. The average molecular weight is 485 g/mol. The summed E-state index contributed by atoms with van der Waals surface area (Å²) in [7, 11) is 0. The van der Waals surface area contributed by atoms with Crippen LogP contribution >= 0.6 is 23.4 Å². The third kappa shape index (κ3) is 4.20. The number of nitrogens with zero attached hydrogens (tertiary/aromatic N) is 4. The minimum atomic E-state index is -0.311. The van der Waals surface area contributed by atoms with Gasteiger partial charge in [0.1, 0.15) is 23.0 Å². The van der Waals surface area contributed by atoms with Gasteiger partial charge in [-0.1, -0.05) is 16.8 Å². The summed E-state index contributed by atoms with van der Waals surface area (Å²) < 4.78 is 17.5. The molecule has 1 aliphatic heterocycles. The van der Waals surface area contributed by atoms with Crippen molar-refractivity contribution in [2.75, 3.05) is 24.1 Å². The number of rotatable bonds is 6. The first-order valence-corrected chi connectivity index (χ1v) is 11.3. The smallest absolute Gasteiger partial charge is 0.264 e. The van der Waals surface area contributed by atoms with E-state index in [-0.39, 0.29) is 31.0 Å². The van der Waals surface area contributed by atoms with Crippen LogP contribution in [0.2, 0.25) is 5.02 Å². The first-order valence-electron chi connectivity index (χ1n) is 9.71. The molecule has 0 bridgehead atoms. The highest BCUT2D eigenvalue weighted by molar-refractivity contribution is 7.98. The zero-order valence-electron chi connectivity index (χ0n) is 17.2. The van der Waals surface area contributed by atoms with Crippen LogP contribution in [-0.4, -0.2) is 38.9 Å². The van der Waals surface area contributed by atoms with E-state index in [9.17, 15) is 4.79 Å². The largest absolute Gasteiger partial charge is 0.454 e. The number of hydrogen-bond donors (Lipinski definition) is 2. The summed E-state index contributed by atoms with van der Waals surface area (Å²) in [5.41, 5.74) is 8.12. The molecule has 0 radical (unpaired) electrons. The maximum Gasteiger partial charge on any atom is 0.264 e. The summed E-state index contributed by atoms with van der Waals surface area (Å²) in [5, 5.41) is 12.4. The molecule has 0 saturated carbocycles. The third-order valence-corrected chi connectivity index (χ3v) is 5.77. The van der Waals surface area contributed by atoms with E-state index >= 15 is 0 Å². The lowest BCUT2D eigenvalue weighted by atomic mass is 10.2. The minimum Gasteiger partial charge on any atom is -0.454 e. The quantitative estimate of drug-likeness (QED) is 0.391. The number of carbonyl (C=O) groups excluding carboxylic acids is 1. The van der Waals surface area contributed by atoms with Crippen molar-refractivity contribution in [3.05, 3.63) is 47.5 Å². The molecule has 0 fully saturated rings. The van der Waals surface area contributed by atoms with Crippen LogP contribution in [0, 0.1) is 0 Å². The fraction of sp³-hybridized carbons (Fsp3) is 0.143. The molecule has 3 N–H and O–H groups in total. The van der Waals surface area contributed by atoms with Crippen molar-refractivity contribution in [3.63, 3.8) is 0 Å². The number of nitrogens with one attached hydrogen (secondary N) is 1. The number of thioether (sulfide) groups is 1. The summed E-state index contributed by atoms with van der Waals surface area (Å²) in [6.45, 7) is 0.0538. The second kappa shape index (κ2) is 8.68. The maximum absolute atomic E-state index is 12.6. The molecule has 0 atom stereocenters. The van der Waals surface area contributed by atoms with Crippen LogP contribution in [0.3, 0.4) is 0 Å². The molecular formula is C21H17ClN6O4S. The molecule has 0 saturated heterocycles. The Bertz CT molecular complexity index is 1340. The minimum absolute atomic E-state index is 0.105. The number of aromatic nitrogens is 4. The second-order valence-electron chi connectivity index (χ2n) is 6.97. The Morgan fingerprint density at radius 2 is 2.00 bits per heavy atom. The predicted octanol–water partition coefficient (Wildman–Crippen LogP) is 3.93. The number of halogens is 1. The van der Waals surface area contributed by atoms with Gasteiger partial charge in [-0.15, -0.1) is 11.8 Å². The topological polar surface area (TPSA) is 130 Å². The van der Waals surface area contributed by atoms with Crippen molar-refractivity contribution in [3.8, 4) is 34.3 Å². The molecule has 12 heteroatoms. The lowest BCUT2D eigenvalue weighted by Crippen LogP contribution is -2.20. The van der Waals surface area contributed by atoms with E-state index in [0.29, 0.717) is 38.6 Å². The fourth-order valence-electron chi connectivity index (χ4n) is 3.27. The van der Waals surface area contributed by atoms with Crippen LogP contribution in [0.15, 0.2) is 52.0 Å². The van der Waals surface area contributed by atoms with Crippen LogP contribution in [0.5, 0.6) is 11.5 Å². The lowest BCUT2D eigenvalue weighted by molar-refractivity contribution is -0.116. The first kappa shape index (κ1) is 21.2. The molecule has 5 rings (SSSR count). The van der Waals surface area contributed by atoms with Crippen LogP contribution < -0.4 is 20.5 Å². The highest BCUT2D eigenvalue weighted by Crippen LogP contribution is 2.36. The Balaban J connectivity index is 1.37. The molecule has 1 aliphatic rings. The number of ether oxygens (including phenoxy) is 2. The van der Waals surface area contributed by atoms with E-state index in [1.807, 2.05) is 6.26 Å². The Morgan fingerprint density at radius 3 is 2.79 bits per heavy atom. The van der Waals surface area contributed by atoms with Crippen molar-refractivity contribution < 1.29 is 18.8 Å². The number of nitrogens with two attached hydrogens (primary N) is 1. The second-order valence-corrected chi connectivity index (χ2v) is 8.20. The third-order valence-electron chi connectivity index (χ3n) is 4.84. The van der Waals surface area contributed by atoms with Gasteiger partial charge in [0.25, 0.3) is 5.89 Å². The van der Waals surface area contributed by atoms with Gasteiger partial charge in [-0.25, -0.2) is 4.68 Å². The number of carbonyl (C=O) groups is 1. The zero-order chi connectivity index (χ0) is 22.9. The van der Waals surface area contributed by atoms with E-state index in [1.165, 1.54) is 16.4 Å². The van der Waals surface area contributed by atoms with Gasteiger partial charge < -0.3 is 25.0 Å². The van der Waals surface area contributed by atoms with Crippen molar-refractivity contribution >= 4 is 40.8 Å². The molecular weight excluding hydrogens is 468 g/mol. The van der Waals surface area contributed by atoms with Gasteiger partial charge in [0.05, 0.1) is 0 Å². The Morgan fingerprint density at radius 1 is 1.21 bits per heavy atom. The SMILES string of the molecule is CSc1nn(CC(=O)Nc2ccc3c(c2)OCO3)c(N)c1-c1nc(-c2ccc(Cl)cc2)no1. The molecule has 10 nitrogen and oxygen atoms in total. The molecule has 0 aliphatic carbocycles. The molecule has 2 aromatic heterocycles. The van der Waals surface area contributed by atoms with Gasteiger partial charge in [0.15, 0.2) is 11.5 Å². The summed E-state index contributed by atoms with van der Waals surface area (Å²) in [6.07, 6.45) is 1.85. The number of benzene rings is 2.